The Bertz CT molecular complexity index is 590. The molecule has 0 atom stereocenters. The number of aliphatic hydroxyl groups is 1. The van der Waals surface area contributed by atoms with Crippen LogP contribution in [0.3, 0.4) is 0 Å². The molecule has 1 aromatic heterocycles. The van der Waals surface area contributed by atoms with Crippen LogP contribution in [0, 0.1) is 0 Å². The van der Waals surface area contributed by atoms with Gasteiger partial charge in [0.1, 0.15) is 0 Å². The van der Waals surface area contributed by atoms with Crippen LogP contribution in [0.1, 0.15) is 5.69 Å². The lowest BCUT2D eigenvalue weighted by Crippen LogP contribution is -2.17. The minimum absolute atomic E-state index is 0.0465. The van der Waals surface area contributed by atoms with E-state index in [9.17, 15) is 13.2 Å². The molecule has 0 bridgehead atoms. The zero-order valence-corrected chi connectivity index (χ0v) is 9.96. The number of benzene rings is 1. The van der Waals surface area contributed by atoms with Crippen molar-refractivity contribution in [2.24, 2.45) is 0 Å². The Kier molecular flexibility index (Phi) is 4.04. The van der Waals surface area contributed by atoms with Crippen molar-refractivity contribution in [3.8, 4) is 17.4 Å². The van der Waals surface area contributed by atoms with Crippen molar-refractivity contribution in [3.63, 3.8) is 0 Å². The van der Waals surface area contributed by atoms with E-state index in [0.717, 1.165) is 6.07 Å². The molecule has 0 amide bonds. The number of hydrogen-bond donors (Lipinski definition) is 1. The predicted molar refractivity (Wildman–Crippen MR) is 61.2 cm³/mol. The summed E-state index contributed by atoms with van der Waals surface area (Å²) in [6, 6.07) is 5.28. The molecular formula is C12H9F3N2O3. The van der Waals surface area contributed by atoms with Gasteiger partial charge in [-0.15, -0.1) is 13.2 Å². The first-order valence-corrected chi connectivity index (χ1v) is 5.42. The van der Waals surface area contributed by atoms with E-state index < -0.39 is 12.1 Å². The standard InChI is InChI=1S/C12H9F3N2O3/c13-12(14,15)20-10-4-2-1-3-9(10)19-11-6-16-5-8(7-18)17-11/h1-6,18H,7H2. The number of aliphatic hydroxyl groups excluding tert-OH is 1. The van der Waals surface area contributed by atoms with Gasteiger partial charge in [0.2, 0.25) is 5.88 Å². The first-order chi connectivity index (χ1) is 9.48. The maximum absolute atomic E-state index is 12.2. The van der Waals surface area contributed by atoms with Gasteiger partial charge in [-0.2, -0.15) is 0 Å². The molecule has 0 unspecified atom stereocenters. The first-order valence-electron chi connectivity index (χ1n) is 5.42. The summed E-state index contributed by atoms with van der Waals surface area (Å²) in [6.07, 6.45) is -2.30. The summed E-state index contributed by atoms with van der Waals surface area (Å²) in [7, 11) is 0. The smallest absolute Gasteiger partial charge is 0.434 e. The summed E-state index contributed by atoms with van der Waals surface area (Å²) >= 11 is 0. The number of nitrogens with zero attached hydrogens (tertiary/aromatic N) is 2. The van der Waals surface area contributed by atoms with Crippen LogP contribution in [0.4, 0.5) is 13.2 Å². The van der Waals surface area contributed by atoms with E-state index in [2.05, 4.69) is 14.7 Å². The highest BCUT2D eigenvalue weighted by molar-refractivity contribution is 5.41. The maximum atomic E-state index is 12.2. The third-order valence-electron chi connectivity index (χ3n) is 2.11. The Labute approximate surface area is 111 Å². The third-order valence-corrected chi connectivity index (χ3v) is 2.11. The Balaban J connectivity index is 2.24. The Morgan fingerprint density at radius 3 is 2.45 bits per heavy atom. The second-order valence-corrected chi connectivity index (χ2v) is 3.60. The number of aromatic nitrogens is 2. The van der Waals surface area contributed by atoms with Crippen molar-refractivity contribution in [2.45, 2.75) is 13.0 Å². The summed E-state index contributed by atoms with van der Waals surface area (Å²) in [5.74, 6) is -0.694. The molecule has 0 fully saturated rings. The molecule has 0 saturated heterocycles. The van der Waals surface area contributed by atoms with Gasteiger partial charge in [-0.1, -0.05) is 12.1 Å². The van der Waals surface area contributed by atoms with Gasteiger partial charge in [-0.05, 0) is 12.1 Å². The molecule has 0 radical (unpaired) electrons. The van der Waals surface area contributed by atoms with Gasteiger partial charge in [-0.25, -0.2) is 4.98 Å². The molecule has 2 rings (SSSR count). The van der Waals surface area contributed by atoms with Crippen molar-refractivity contribution < 1.29 is 27.8 Å². The van der Waals surface area contributed by atoms with Crippen LogP contribution in [0.25, 0.3) is 0 Å². The van der Waals surface area contributed by atoms with Gasteiger partial charge in [0.15, 0.2) is 11.5 Å². The van der Waals surface area contributed by atoms with E-state index >= 15 is 0 Å². The fourth-order valence-corrected chi connectivity index (χ4v) is 1.37. The van der Waals surface area contributed by atoms with E-state index in [1.54, 1.807) is 0 Å². The van der Waals surface area contributed by atoms with Gasteiger partial charge in [-0.3, -0.25) is 4.98 Å². The number of alkyl halides is 3. The van der Waals surface area contributed by atoms with Crippen molar-refractivity contribution in [2.75, 3.05) is 0 Å². The molecule has 0 spiro atoms. The minimum Gasteiger partial charge on any atom is -0.434 e. The largest absolute Gasteiger partial charge is 0.573 e. The van der Waals surface area contributed by atoms with E-state index in [0.29, 0.717) is 0 Å². The predicted octanol–water partition coefficient (Wildman–Crippen LogP) is 2.66. The SMILES string of the molecule is OCc1cncc(Oc2ccccc2OC(F)(F)F)n1. The molecule has 1 N–H and O–H groups in total. The Morgan fingerprint density at radius 1 is 1.10 bits per heavy atom. The van der Waals surface area contributed by atoms with Crippen LogP contribution in [-0.4, -0.2) is 21.4 Å². The van der Waals surface area contributed by atoms with E-state index in [-0.39, 0.29) is 23.9 Å². The number of rotatable bonds is 4. The highest BCUT2D eigenvalue weighted by Gasteiger charge is 2.32. The zero-order valence-electron chi connectivity index (χ0n) is 9.96. The van der Waals surface area contributed by atoms with Crippen LogP contribution in [0.15, 0.2) is 36.7 Å². The van der Waals surface area contributed by atoms with Gasteiger partial charge in [0.05, 0.1) is 24.7 Å². The summed E-state index contributed by atoms with van der Waals surface area (Å²) in [4.78, 5) is 7.60. The Morgan fingerprint density at radius 2 is 1.80 bits per heavy atom. The molecule has 5 nitrogen and oxygen atoms in total. The average Bonchev–Trinajstić information content (AvgIpc) is 2.40. The lowest BCUT2D eigenvalue weighted by atomic mass is 10.3. The number of ether oxygens (including phenoxy) is 2. The van der Waals surface area contributed by atoms with Crippen LogP contribution in [0.5, 0.6) is 17.4 Å². The summed E-state index contributed by atoms with van der Waals surface area (Å²) < 4.78 is 45.7. The summed E-state index contributed by atoms with van der Waals surface area (Å²) in [5.41, 5.74) is 0.233. The molecule has 1 aromatic carbocycles. The zero-order chi connectivity index (χ0) is 14.6. The lowest BCUT2D eigenvalue weighted by molar-refractivity contribution is -0.275. The van der Waals surface area contributed by atoms with Crippen LogP contribution < -0.4 is 9.47 Å². The highest BCUT2D eigenvalue weighted by Crippen LogP contribution is 2.34. The molecule has 2 aromatic rings. The first kappa shape index (κ1) is 14.1. The molecule has 1 heterocycles. The molecule has 0 aliphatic heterocycles. The third kappa shape index (κ3) is 3.82. The Hall–Kier alpha value is -2.35. The topological polar surface area (TPSA) is 64.5 Å². The molecular weight excluding hydrogens is 277 g/mol. The van der Waals surface area contributed by atoms with Crippen LogP contribution in [-0.2, 0) is 6.61 Å². The van der Waals surface area contributed by atoms with E-state index in [4.69, 9.17) is 9.84 Å². The van der Waals surface area contributed by atoms with Gasteiger partial charge >= 0.3 is 6.36 Å². The van der Waals surface area contributed by atoms with Crippen molar-refractivity contribution >= 4 is 0 Å². The summed E-state index contributed by atoms with van der Waals surface area (Å²) in [5, 5.41) is 8.90. The fourth-order valence-electron chi connectivity index (χ4n) is 1.37. The van der Waals surface area contributed by atoms with Crippen molar-refractivity contribution in [3.05, 3.63) is 42.4 Å². The van der Waals surface area contributed by atoms with Crippen LogP contribution in [0.2, 0.25) is 0 Å². The molecule has 8 heteroatoms. The second-order valence-electron chi connectivity index (χ2n) is 3.60. The molecule has 20 heavy (non-hydrogen) atoms. The van der Waals surface area contributed by atoms with Crippen molar-refractivity contribution in [1.29, 1.82) is 0 Å². The molecule has 0 aliphatic carbocycles. The number of halogens is 3. The summed E-state index contributed by atoms with van der Waals surface area (Å²) in [6.45, 7) is -0.356. The maximum Gasteiger partial charge on any atom is 0.573 e. The number of para-hydroxylation sites is 2. The quantitative estimate of drug-likeness (QED) is 0.936. The average molecular weight is 286 g/mol. The van der Waals surface area contributed by atoms with Gasteiger partial charge in [0.25, 0.3) is 0 Å². The second kappa shape index (κ2) is 5.74. The van der Waals surface area contributed by atoms with Gasteiger partial charge in [0, 0.05) is 0 Å². The van der Waals surface area contributed by atoms with E-state index in [1.165, 1.54) is 30.6 Å². The highest BCUT2D eigenvalue weighted by atomic mass is 19.4. The molecule has 0 saturated carbocycles. The molecule has 106 valence electrons. The number of hydrogen-bond acceptors (Lipinski definition) is 5. The lowest BCUT2D eigenvalue weighted by Gasteiger charge is -2.13. The fraction of sp³-hybridized carbons (Fsp3) is 0.167. The normalized spacial score (nSPS) is 11.2. The monoisotopic (exact) mass is 286 g/mol. The van der Waals surface area contributed by atoms with E-state index in [1.807, 2.05) is 0 Å². The minimum atomic E-state index is -4.82. The van der Waals surface area contributed by atoms with Crippen molar-refractivity contribution in [1.82, 2.24) is 9.97 Å². The molecule has 0 aliphatic rings. The van der Waals surface area contributed by atoms with Crippen LogP contribution >= 0.6 is 0 Å². The van der Waals surface area contributed by atoms with Gasteiger partial charge < -0.3 is 14.6 Å².